The van der Waals surface area contributed by atoms with Gasteiger partial charge in [-0.2, -0.15) is 5.26 Å². The minimum Gasteiger partial charge on any atom is -0.495 e. The van der Waals surface area contributed by atoms with Crippen molar-refractivity contribution in [3.8, 4) is 22.9 Å². The smallest absolute Gasteiger partial charge is 0.335 e. The number of carbonyl (C=O) groups excluding carboxylic acids is 1. The molecule has 0 saturated heterocycles. The molecule has 0 spiro atoms. The molecule has 202 valence electrons. The minimum atomic E-state index is -1.02. The summed E-state index contributed by atoms with van der Waals surface area (Å²) in [5.74, 6) is -0.324. The van der Waals surface area contributed by atoms with Crippen molar-refractivity contribution in [2.75, 3.05) is 12.0 Å². The van der Waals surface area contributed by atoms with Gasteiger partial charge in [0, 0.05) is 17.5 Å². The number of carboxylic acid groups (broad SMARTS) is 1. The number of pyridine rings is 1. The molecule has 1 heterocycles. The summed E-state index contributed by atoms with van der Waals surface area (Å²) in [6.07, 6.45) is 3.57. The van der Waals surface area contributed by atoms with Gasteiger partial charge in [-0.1, -0.05) is 30.3 Å². The van der Waals surface area contributed by atoms with Crippen LogP contribution in [-0.2, 0) is 11.3 Å². The molecule has 1 saturated carbocycles. The molecule has 1 aliphatic rings. The summed E-state index contributed by atoms with van der Waals surface area (Å²) in [5.41, 5.74) is 3.31. The molecule has 5 rings (SSSR count). The molecule has 0 radical (unpaired) electrons. The molecule has 0 unspecified atom stereocenters. The maximum atomic E-state index is 13.9. The van der Waals surface area contributed by atoms with Crippen LogP contribution in [0.2, 0.25) is 0 Å². The highest BCUT2D eigenvalue weighted by Crippen LogP contribution is 2.33. The van der Waals surface area contributed by atoms with Crippen molar-refractivity contribution in [1.82, 2.24) is 4.98 Å². The lowest BCUT2D eigenvalue weighted by atomic mass is 9.86. The van der Waals surface area contributed by atoms with Crippen LogP contribution >= 0.6 is 0 Å². The summed E-state index contributed by atoms with van der Waals surface area (Å²) >= 11 is 0. The Hall–Kier alpha value is -4.74. The molecule has 0 aliphatic heterocycles. The predicted octanol–water partition coefficient (Wildman–Crippen LogP) is 5.56. The second kappa shape index (κ2) is 11.6. The molecule has 1 fully saturated rings. The van der Waals surface area contributed by atoms with E-state index in [2.05, 4.69) is 11.1 Å². The summed E-state index contributed by atoms with van der Waals surface area (Å²) < 4.78 is 5.25. The molecule has 3 aromatic carbocycles. The third kappa shape index (κ3) is 5.51. The summed E-state index contributed by atoms with van der Waals surface area (Å²) in [6.45, 7) is 0.275. The largest absolute Gasteiger partial charge is 0.495 e. The zero-order chi connectivity index (χ0) is 28.2. The first-order valence-corrected chi connectivity index (χ1v) is 13.2. The number of nitriles is 1. The van der Waals surface area contributed by atoms with E-state index in [0.29, 0.717) is 53.6 Å². The number of aliphatic hydroxyl groups is 1. The van der Waals surface area contributed by atoms with Crippen LogP contribution in [0.4, 0.5) is 5.82 Å². The van der Waals surface area contributed by atoms with Crippen molar-refractivity contribution in [3.63, 3.8) is 0 Å². The van der Waals surface area contributed by atoms with Gasteiger partial charge in [0.2, 0.25) is 5.91 Å². The van der Waals surface area contributed by atoms with Crippen molar-refractivity contribution in [2.24, 2.45) is 5.92 Å². The van der Waals surface area contributed by atoms with Crippen molar-refractivity contribution < 1.29 is 24.5 Å². The fourth-order valence-corrected chi connectivity index (χ4v) is 5.27. The molecule has 2 N–H and O–H groups in total. The van der Waals surface area contributed by atoms with Gasteiger partial charge in [0.05, 0.1) is 30.9 Å². The van der Waals surface area contributed by atoms with Crippen LogP contribution in [-0.4, -0.2) is 40.3 Å². The van der Waals surface area contributed by atoms with Crippen LogP contribution in [0.1, 0.15) is 47.2 Å². The fraction of sp³-hybridized carbons (Fsp3) is 0.250. The lowest BCUT2D eigenvalue weighted by Crippen LogP contribution is -2.38. The number of hydrogen-bond donors (Lipinski definition) is 2. The average Bonchev–Trinajstić information content (AvgIpc) is 2.99. The average molecular weight is 536 g/mol. The molecule has 4 aromatic rings. The number of ether oxygens (including phenoxy) is 1. The molecule has 1 aliphatic carbocycles. The lowest BCUT2D eigenvalue weighted by Gasteiger charge is -2.31. The normalized spacial score (nSPS) is 16.7. The van der Waals surface area contributed by atoms with E-state index in [-0.39, 0.29) is 30.0 Å². The number of carbonyl (C=O) groups is 2. The Morgan fingerprint density at radius 1 is 1.00 bits per heavy atom. The van der Waals surface area contributed by atoms with Crippen LogP contribution in [0.25, 0.3) is 21.9 Å². The lowest BCUT2D eigenvalue weighted by molar-refractivity contribution is -0.124. The second-order valence-corrected chi connectivity index (χ2v) is 10.0. The number of aliphatic hydroxyl groups excluding tert-OH is 1. The van der Waals surface area contributed by atoms with Crippen molar-refractivity contribution in [2.45, 2.75) is 38.3 Å². The molecule has 1 aromatic heterocycles. The Balaban J connectivity index is 1.49. The van der Waals surface area contributed by atoms with Gasteiger partial charge in [0.25, 0.3) is 0 Å². The number of fused-ring (bicyclic) bond motifs is 1. The quantitative estimate of drug-likeness (QED) is 0.317. The van der Waals surface area contributed by atoms with Crippen LogP contribution < -0.4 is 9.64 Å². The highest BCUT2D eigenvalue weighted by Gasteiger charge is 2.31. The second-order valence-electron chi connectivity index (χ2n) is 10.0. The van der Waals surface area contributed by atoms with E-state index >= 15 is 0 Å². The van der Waals surface area contributed by atoms with E-state index in [0.717, 1.165) is 16.7 Å². The molecular weight excluding hydrogens is 506 g/mol. The van der Waals surface area contributed by atoms with E-state index in [4.69, 9.17) is 4.74 Å². The summed E-state index contributed by atoms with van der Waals surface area (Å²) in [6, 6.07) is 22.0. The number of methoxy groups -OCH3 is 1. The van der Waals surface area contributed by atoms with E-state index in [9.17, 15) is 25.1 Å². The number of anilines is 1. The molecule has 8 heteroatoms. The monoisotopic (exact) mass is 535 g/mol. The van der Waals surface area contributed by atoms with E-state index in [1.807, 2.05) is 30.3 Å². The van der Waals surface area contributed by atoms with Crippen LogP contribution in [0, 0.1) is 17.2 Å². The van der Waals surface area contributed by atoms with E-state index in [1.54, 1.807) is 41.4 Å². The first-order chi connectivity index (χ1) is 19.4. The Bertz CT molecular complexity index is 1600. The van der Waals surface area contributed by atoms with Crippen molar-refractivity contribution in [3.05, 3.63) is 89.6 Å². The number of hydrogen-bond acceptors (Lipinski definition) is 6. The van der Waals surface area contributed by atoms with E-state index < -0.39 is 5.97 Å². The first kappa shape index (κ1) is 26.9. The number of aromatic nitrogens is 1. The predicted molar refractivity (Wildman–Crippen MR) is 151 cm³/mol. The van der Waals surface area contributed by atoms with Crippen LogP contribution in [0.15, 0.2) is 72.9 Å². The maximum absolute atomic E-state index is 13.9. The van der Waals surface area contributed by atoms with Gasteiger partial charge < -0.3 is 14.9 Å². The topological polar surface area (TPSA) is 124 Å². The van der Waals surface area contributed by atoms with Gasteiger partial charge in [0.1, 0.15) is 17.6 Å². The number of nitrogens with zero attached hydrogens (tertiary/aromatic N) is 3. The number of aromatic carboxylic acids is 1. The van der Waals surface area contributed by atoms with Crippen LogP contribution in [0.3, 0.4) is 0 Å². The van der Waals surface area contributed by atoms with E-state index in [1.165, 1.54) is 13.2 Å². The summed E-state index contributed by atoms with van der Waals surface area (Å²) in [7, 11) is 1.53. The van der Waals surface area contributed by atoms with Gasteiger partial charge in [0.15, 0.2) is 0 Å². The molecule has 8 nitrogen and oxygen atoms in total. The highest BCUT2D eigenvalue weighted by molar-refractivity contribution is 6.04. The molecule has 40 heavy (non-hydrogen) atoms. The number of rotatable bonds is 7. The number of carboxylic acids is 1. The Morgan fingerprint density at radius 2 is 1.73 bits per heavy atom. The van der Waals surface area contributed by atoms with Gasteiger partial charge in [-0.05, 0) is 84.2 Å². The van der Waals surface area contributed by atoms with Gasteiger partial charge in [-0.25, -0.2) is 9.78 Å². The van der Waals surface area contributed by atoms with Crippen LogP contribution in [0.5, 0.6) is 5.75 Å². The molecule has 0 atom stereocenters. The van der Waals surface area contributed by atoms with Gasteiger partial charge in [-0.3, -0.25) is 9.69 Å². The summed E-state index contributed by atoms with van der Waals surface area (Å²) in [4.78, 5) is 31.7. The highest BCUT2D eigenvalue weighted by atomic mass is 16.5. The maximum Gasteiger partial charge on any atom is 0.335 e. The Labute approximate surface area is 232 Å². The zero-order valence-electron chi connectivity index (χ0n) is 22.1. The zero-order valence-corrected chi connectivity index (χ0v) is 22.1. The van der Waals surface area contributed by atoms with Gasteiger partial charge in [-0.15, -0.1) is 0 Å². The standard InChI is InChI=1S/C32H29N3O5/c1-40-29-13-9-23(16-26(29)18-33)21-4-2-20(3-5-21)19-35(31(37)22-6-10-27(36)11-7-22)30-28-12-8-25(32(38)39)17-24(28)14-15-34-30/h2-5,8-9,12-17,22,27,36H,6-7,10-11,19H2,1H3,(H,38,39)/t22-,27-. The number of benzene rings is 3. The third-order valence-corrected chi connectivity index (χ3v) is 7.51. The third-order valence-electron chi connectivity index (χ3n) is 7.51. The Morgan fingerprint density at radius 3 is 2.40 bits per heavy atom. The van der Waals surface area contributed by atoms with Crippen molar-refractivity contribution >= 4 is 28.5 Å². The van der Waals surface area contributed by atoms with Crippen molar-refractivity contribution in [1.29, 1.82) is 5.26 Å². The van der Waals surface area contributed by atoms with Gasteiger partial charge >= 0.3 is 5.97 Å². The summed E-state index contributed by atoms with van der Waals surface area (Å²) in [5, 5.41) is 30.2. The number of amides is 1. The molecule has 1 amide bonds. The minimum absolute atomic E-state index is 0.0629. The Kier molecular flexibility index (Phi) is 7.76. The first-order valence-electron chi connectivity index (χ1n) is 13.2. The molecule has 0 bridgehead atoms. The fourth-order valence-electron chi connectivity index (χ4n) is 5.27. The SMILES string of the molecule is COc1ccc(-c2ccc(CN(c3nccc4cc(C(=O)O)ccc34)C(=O)[C@H]3CC[C@H](O)CC3)cc2)cc1C#N. The molecular formula is C32H29N3O5.